The second kappa shape index (κ2) is 10.8. The third-order valence-electron chi connectivity index (χ3n) is 4.56. The molecular weight excluding hydrogens is 390 g/mol. The Bertz CT molecular complexity index is 893. The molecule has 0 bridgehead atoms. The van der Waals surface area contributed by atoms with Crippen molar-refractivity contribution in [3.63, 3.8) is 0 Å². The quantitative estimate of drug-likeness (QED) is 0.519. The summed E-state index contributed by atoms with van der Waals surface area (Å²) < 4.78 is 10.9. The van der Waals surface area contributed by atoms with E-state index in [1.807, 2.05) is 61.5 Å². The van der Waals surface area contributed by atoms with Gasteiger partial charge in [0.05, 0.1) is 24.8 Å². The molecular formula is C23H26ClNO4. The van der Waals surface area contributed by atoms with Crippen molar-refractivity contribution in [3.8, 4) is 11.3 Å². The van der Waals surface area contributed by atoms with Crippen molar-refractivity contribution >= 4 is 18.4 Å². The van der Waals surface area contributed by atoms with Crippen molar-refractivity contribution in [1.29, 1.82) is 0 Å². The van der Waals surface area contributed by atoms with Gasteiger partial charge in [0.1, 0.15) is 11.5 Å². The average Bonchev–Trinajstić information content (AvgIpc) is 3.21. The average molecular weight is 416 g/mol. The first-order chi connectivity index (χ1) is 13.6. The third kappa shape index (κ3) is 5.94. The number of nitrogens with one attached hydrogen (secondary N) is 1. The van der Waals surface area contributed by atoms with Crippen LogP contribution in [0.25, 0.3) is 11.3 Å². The van der Waals surface area contributed by atoms with Crippen LogP contribution in [0.15, 0.2) is 71.1 Å². The number of carbonyl (C=O) groups is 1. The van der Waals surface area contributed by atoms with Crippen LogP contribution in [-0.2, 0) is 11.3 Å². The third-order valence-corrected chi connectivity index (χ3v) is 4.56. The summed E-state index contributed by atoms with van der Waals surface area (Å²) in [5.74, 6) is 1.17. The molecule has 0 aliphatic carbocycles. The Labute approximate surface area is 177 Å². The van der Waals surface area contributed by atoms with Gasteiger partial charge in [-0.3, -0.25) is 0 Å². The number of ether oxygens (including phenoxy) is 1. The number of hydrogen-bond donors (Lipinski definition) is 2. The molecule has 0 amide bonds. The number of aliphatic hydroxyl groups is 1. The van der Waals surface area contributed by atoms with E-state index in [-0.39, 0.29) is 24.4 Å². The van der Waals surface area contributed by atoms with Crippen LogP contribution in [-0.4, -0.2) is 23.7 Å². The van der Waals surface area contributed by atoms with Gasteiger partial charge in [0.15, 0.2) is 0 Å². The summed E-state index contributed by atoms with van der Waals surface area (Å²) in [4.78, 5) is 11.7. The summed E-state index contributed by atoms with van der Waals surface area (Å²) in [6.07, 6.45) is -0.592. The van der Waals surface area contributed by atoms with Crippen LogP contribution < -0.4 is 5.32 Å². The molecule has 0 fully saturated rings. The Kier molecular flexibility index (Phi) is 8.46. The maximum Gasteiger partial charge on any atom is 0.338 e. The highest BCUT2D eigenvalue weighted by atomic mass is 35.5. The number of benzene rings is 2. The highest BCUT2D eigenvalue weighted by molar-refractivity contribution is 5.89. The summed E-state index contributed by atoms with van der Waals surface area (Å²) in [6.45, 7) is 4.58. The number of aliphatic hydroxyl groups excluding tert-OH is 1. The van der Waals surface area contributed by atoms with Gasteiger partial charge in [0.2, 0.25) is 0 Å². The first-order valence-corrected chi connectivity index (χ1v) is 9.41. The van der Waals surface area contributed by atoms with Crippen molar-refractivity contribution in [2.24, 2.45) is 0 Å². The van der Waals surface area contributed by atoms with E-state index in [0.717, 1.165) is 22.6 Å². The predicted molar refractivity (Wildman–Crippen MR) is 115 cm³/mol. The minimum Gasteiger partial charge on any atom is -0.462 e. The van der Waals surface area contributed by atoms with Crippen LogP contribution in [0.2, 0.25) is 0 Å². The molecule has 6 heteroatoms. The van der Waals surface area contributed by atoms with Gasteiger partial charge in [0, 0.05) is 11.6 Å². The van der Waals surface area contributed by atoms with Crippen LogP contribution in [0.4, 0.5) is 0 Å². The van der Waals surface area contributed by atoms with E-state index in [0.29, 0.717) is 18.7 Å². The van der Waals surface area contributed by atoms with E-state index in [1.165, 1.54) is 0 Å². The fourth-order valence-electron chi connectivity index (χ4n) is 2.93. The minimum absolute atomic E-state index is 0. The maximum absolute atomic E-state index is 11.7. The second-order valence-electron chi connectivity index (χ2n) is 6.59. The largest absolute Gasteiger partial charge is 0.462 e. The van der Waals surface area contributed by atoms with Crippen molar-refractivity contribution in [3.05, 3.63) is 83.6 Å². The first kappa shape index (κ1) is 22.7. The van der Waals surface area contributed by atoms with Gasteiger partial charge in [-0.25, -0.2) is 4.79 Å². The van der Waals surface area contributed by atoms with Crippen molar-refractivity contribution < 1.29 is 19.1 Å². The smallest absolute Gasteiger partial charge is 0.338 e. The van der Waals surface area contributed by atoms with Crippen LogP contribution in [0.3, 0.4) is 0 Å². The van der Waals surface area contributed by atoms with Gasteiger partial charge in [-0.2, -0.15) is 0 Å². The summed E-state index contributed by atoms with van der Waals surface area (Å²) in [5, 5.41) is 13.7. The molecule has 2 unspecified atom stereocenters. The van der Waals surface area contributed by atoms with Crippen LogP contribution in [0.1, 0.15) is 41.6 Å². The molecule has 0 aliphatic rings. The summed E-state index contributed by atoms with van der Waals surface area (Å²) >= 11 is 0. The fourth-order valence-corrected chi connectivity index (χ4v) is 2.93. The molecule has 0 saturated heterocycles. The Morgan fingerprint density at radius 1 is 1.07 bits per heavy atom. The number of carbonyl (C=O) groups excluding carboxylic acids is 1. The molecule has 5 nitrogen and oxygen atoms in total. The normalized spacial score (nSPS) is 12.7. The molecule has 154 valence electrons. The number of halogens is 1. The lowest BCUT2D eigenvalue weighted by Crippen LogP contribution is -2.31. The zero-order valence-electron chi connectivity index (χ0n) is 16.5. The SMILES string of the molecule is CCOC(=O)c1ccc(-c2ccc(CNC(C)C(O)c3ccccc3)o2)cc1.Cl. The number of hydrogen-bond acceptors (Lipinski definition) is 5. The van der Waals surface area contributed by atoms with Crippen LogP contribution >= 0.6 is 12.4 Å². The predicted octanol–water partition coefficient (Wildman–Crippen LogP) is 4.76. The molecule has 1 aromatic heterocycles. The monoisotopic (exact) mass is 415 g/mol. The molecule has 29 heavy (non-hydrogen) atoms. The van der Waals surface area contributed by atoms with Crippen molar-refractivity contribution in [2.45, 2.75) is 32.5 Å². The first-order valence-electron chi connectivity index (χ1n) is 9.41. The van der Waals surface area contributed by atoms with E-state index in [4.69, 9.17) is 9.15 Å². The van der Waals surface area contributed by atoms with E-state index >= 15 is 0 Å². The van der Waals surface area contributed by atoms with E-state index < -0.39 is 6.10 Å². The second-order valence-corrected chi connectivity index (χ2v) is 6.59. The zero-order chi connectivity index (χ0) is 19.9. The van der Waals surface area contributed by atoms with Crippen molar-refractivity contribution in [2.75, 3.05) is 6.61 Å². The van der Waals surface area contributed by atoms with Gasteiger partial charge in [-0.1, -0.05) is 42.5 Å². The minimum atomic E-state index is -0.592. The molecule has 2 atom stereocenters. The molecule has 2 N–H and O–H groups in total. The number of esters is 1. The van der Waals surface area contributed by atoms with Crippen LogP contribution in [0, 0.1) is 0 Å². The van der Waals surface area contributed by atoms with Gasteiger partial charge < -0.3 is 19.6 Å². The van der Waals surface area contributed by atoms with Gasteiger partial charge >= 0.3 is 5.97 Å². The topological polar surface area (TPSA) is 71.7 Å². The van der Waals surface area contributed by atoms with Gasteiger partial charge in [0.25, 0.3) is 0 Å². The molecule has 0 spiro atoms. The number of rotatable bonds is 8. The Balaban J connectivity index is 0.00000300. The summed E-state index contributed by atoms with van der Waals surface area (Å²) in [5.41, 5.74) is 2.28. The van der Waals surface area contributed by atoms with Crippen molar-refractivity contribution in [1.82, 2.24) is 5.32 Å². The Morgan fingerprint density at radius 3 is 2.41 bits per heavy atom. The number of furan rings is 1. The van der Waals surface area contributed by atoms with E-state index in [1.54, 1.807) is 19.1 Å². The molecule has 0 saturated carbocycles. The highest BCUT2D eigenvalue weighted by Crippen LogP contribution is 2.23. The molecule has 0 radical (unpaired) electrons. The highest BCUT2D eigenvalue weighted by Gasteiger charge is 2.16. The summed E-state index contributed by atoms with van der Waals surface area (Å²) in [6, 6.07) is 20.4. The Morgan fingerprint density at radius 2 is 1.76 bits per heavy atom. The van der Waals surface area contributed by atoms with Gasteiger partial charge in [-0.15, -0.1) is 12.4 Å². The zero-order valence-corrected chi connectivity index (χ0v) is 17.3. The Hall–Kier alpha value is -2.60. The lowest BCUT2D eigenvalue weighted by atomic mass is 10.0. The molecule has 0 aliphatic heterocycles. The lowest BCUT2D eigenvalue weighted by Gasteiger charge is -2.20. The molecule has 1 heterocycles. The molecule has 3 aromatic rings. The van der Waals surface area contributed by atoms with Gasteiger partial charge in [-0.05, 0) is 43.7 Å². The maximum atomic E-state index is 11.7. The molecule has 3 rings (SSSR count). The standard InChI is InChI=1S/C23H25NO4.ClH/c1-3-27-23(26)19-11-9-17(10-12-19)21-14-13-20(28-21)15-24-16(2)22(25)18-7-5-4-6-8-18;/h4-14,16,22,24-25H,3,15H2,1-2H3;1H. The molecule has 2 aromatic carbocycles. The van der Waals surface area contributed by atoms with Crippen LogP contribution in [0.5, 0.6) is 0 Å². The summed E-state index contributed by atoms with van der Waals surface area (Å²) in [7, 11) is 0. The van der Waals surface area contributed by atoms with E-state index in [2.05, 4.69) is 5.32 Å². The van der Waals surface area contributed by atoms with E-state index in [9.17, 15) is 9.90 Å². The fraction of sp³-hybridized carbons (Fsp3) is 0.261. The lowest BCUT2D eigenvalue weighted by molar-refractivity contribution is 0.0526.